The number of carbonyl (C=O) groups is 3. The first-order valence-electron chi connectivity index (χ1n) is 11.2. The number of imide groups is 1. The number of thioether (sulfide) groups is 1. The maximum atomic E-state index is 13.0. The second-order valence-corrected chi connectivity index (χ2v) is 13.1. The monoisotopic (exact) mass is 790 g/mol. The molecule has 1 N–H and O–H groups in total. The number of nitrogens with zero attached hydrogens (tertiary/aromatic N) is 1. The van der Waals surface area contributed by atoms with Crippen molar-refractivity contribution in [3.05, 3.63) is 83.8 Å². The Labute approximate surface area is 256 Å². The fourth-order valence-electron chi connectivity index (χ4n) is 3.53. The van der Waals surface area contributed by atoms with Crippen LogP contribution in [0.2, 0.25) is 0 Å². The molecule has 0 saturated carbocycles. The summed E-state index contributed by atoms with van der Waals surface area (Å²) in [5.74, 6) is -0.585. The Kier molecular flexibility index (Phi) is 9.23. The molecule has 0 unspecified atom stereocenters. The van der Waals surface area contributed by atoms with Crippen molar-refractivity contribution >= 4 is 95.9 Å². The summed E-state index contributed by atoms with van der Waals surface area (Å²) in [5, 5.41) is 2.19. The van der Waals surface area contributed by atoms with Crippen LogP contribution in [0.15, 0.2) is 70.5 Å². The molecule has 9 nitrogen and oxygen atoms in total. The van der Waals surface area contributed by atoms with Gasteiger partial charge in [0.1, 0.15) is 4.90 Å². The fraction of sp³-hybridized carbons (Fsp3) is 0.115. The van der Waals surface area contributed by atoms with Gasteiger partial charge in [-0.25, -0.2) is 0 Å². The van der Waals surface area contributed by atoms with Gasteiger partial charge >= 0.3 is 10.1 Å². The Morgan fingerprint density at radius 1 is 1.05 bits per heavy atom. The van der Waals surface area contributed by atoms with Crippen LogP contribution < -0.4 is 14.2 Å². The Balaban J connectivity index is 1.56. The number of nitrogens with one attached hydrogen (secondary N) is 1. The lowest BCUT2D eigenvalue weighted by molar-refractivity contribution is -0.123. The quantitative estimate of drug-likeness (QED) is 0.171. The minimum Gasteiger partial charge on any atom is -0.493 e. The second-order valence-electron chi connectivity index (χ2n) is 8.17. The van der Waals surface area contributed by atoms with Crippen LogP contribution in [0.25, 0.3) is 6.08 Å². The highest BCUT2D eigenvalue weighted by molar-refractivity contribution is 14.1. The van der Waals surface area contributed by atoms with Crippen LogP contribution in [0.3, 0.4) is 0 Å². The van der Waals surface area contributed by atoms with Crippen molar-refractivity contribution in [1.29, 1.82) is 0 Å². The van der Waals surface area contributed by atoms with Crippen molar-refractivity contribution in [3.63, 3.8) is 0 Å². The lowest BCUT2D eigenvalue weighted by Crippen LogP contribution is -2.27. The summed E-state index contributed by atoms with van der Waals surface area (Å²) in [5.41, 5.74) is 1.81. The van der Waals surface area contributed by atoms with Crippen LogP contribution in [0.4, 0.5) is 10.5 Å². The van der Waals surface area contributed by atoms with E-state index in [4.69, 9.17) is 8.92 Å². The highest BCUT2D eigenvalue weighted by Crippen LogP contribution is 2.39. The van der Waals surface area contributed by atoms with E-state index < -0.39 is 16.0 Å². The minimum atomic E-state index is -4.23. The van der Waals surface area contributed by atoms with Gasteiger partial charge in [0.2, 0.25) is 5.91 Å². The summed E-state index contributed by atoms with van der Waals surface area (Å²) in [4.78, 5) is 38.1. The molecule has 39 heavy (non-hydrogen) atoms. The van der Waals surface area contributed by atoms with E-state index in [-0.39, 0.29) is 39.0 Å². The van der Waals surface area contributed by atoms with E-state index in [1.54, 1.807) is 12.1 Å². The van der Waals surface area contributed by atoms with Crippen molar-refractivity contribution in [3.8, 4) is 11.5 Å². The predicted octanol–water partition coefficient (Wildman–Crippen LogP) is 5.87. The number of halogens is 2. The van der Waals surface area contributed by atoms with Gasteiger partial charge in [-0.05, 0) is 123 Å². The van der Waals surface area contributed by atoms with E-state index >= 15 is 0 Å². The van der Waals surface area contributed by atoms with Crippen molar-refractivity contribution in [1.82, 2.24) is 4.90 Å². The normalized spacial score (nSPS) is 14.6. The molecule has 0 spiro atoms. The lowest BCUT2D eigenvalue weighted by atomic mass is 10.1. The van der Waals surface area contributed by atoms with Gasteiger partial charge in [-0.3, -0.25) is 19.3 Å². The smallest absolute Gasteiger partial charge is 0.339 e. The first-order chi connectivity index (χ1) is 18.5. The molecule has 3 aromatic carbocycles. The molecular weight excluding hydrogens is 770 g/mol. The molecular formula is C26H20I2N2O7S2. The SMILES string of the molecule is COc1cc(/C=C2\SC(=O)N(Cc3ccc(I)cc3)C2=O)cc(I)c1OS(=O)(=O)c1ccc(NC(C)=O)cc1. The Morgan fingerprint density at radius 3 is 2.33 bits per heavy atom. The molecule has 1 heterocycles. The maximum absolute atomic E-state index is 13.0. The van der Waals surface area contributed by atoms with E-state index in [0.29, 0.717) is 14.8 Å². The lowest BCUT2D eigenvalue weighted by Gasteiger charge is -2.14. The molecule has 13 heteroatoms. The van der Waals surface area contributed by atoms with Crippen molar-refractivity contribution < 1.29 is 31.7 Å². The van der Waals surface area contributed by atoms with Gasteiger partial charge in [-0.2, -0.15) is 8.42 Å². The molecule has 3 amide bonds. The number of rotatable bonds is 8. The van der Waals surface area contributed by atoms with Crippen molar-refractivity contribution in [2.75, 3.05) is 12.4 Å². The molecule has 0 aromatic heterocycles. The number of carbonyl (C=O) groups excluding carboxylic acids is 3. The van der Waals surface area contributed by atoms with E-state index in [1.807, 2.05) is 46.9 Å². The Bertz CT molecular complexity index is 1590. The van der Waals surface area contributed by atoms with Crippen LogP contribution in [0, 0.1) is 7.14 Å². The third kappa shape index (κ3) is 7.12. The van der Waals surface area contributed by atoms with E-state index in [0.717, 1.165) is 20.9 Å². The summed E-state index contributed by atoms with van der Waals surface area (Å²) in [6.07, 6.45) is 1.56. The summed E-state index contributed by atoms with van der Waals surface area (Å²) in [6, 6.07) is 16.2. The van der Waals surface area contributed by atoms with Gasteiger partial charge in [-0.1, -0.05) is 12.1 Å². The molecule has 202 valence electrons. The largest absolute Gasteiger partial charge is 0.493 e. The molecule has 1 saturated heterocycles. The molecule has 3 aromatic rings. The van der Waals surface area contributed by atoms with E-state index in [2.05, 4.69) is 27.9 Å². The average molecular weight is 790 g/mol. The van der Waals surface area contributed by atoms with Gasteiger partial charge in [0.25, 0.3) is 11.1 Å². The first kappa shape index (κ1) is 29.4. The highest BCUT2D eigenvalue weighted by Gasteiger charge is 2.35. The maximum Gasteiger partial charge on any atom is 0.339 e. The number of methoxy groups -OCH3 is 1. The van der Waals surface area contributed by atoms with Gasteiger partial charge in [0, 0.05) is 16.2 Å². The van der Waals surface area contributed by atoms with Gasteiger partial charge in [0.15, 0.2) is 11.5 Å². The third-order valence-corrected chi connectivity index (χ3v) is 9.00. The zero-order valence-electron chi connectivity index (χ0n) is 20.4. The summed E-state index contributed by atoms with van der Waals surface area (Å²) < 4.78 is 38.1. The fourth-order valence-corrected chi connectivity index (χ4v) is 6.57. The average Bonchev–Trinajstić information content (AvgIpc) is 3.13. The molecule has 4 rings (SSSR count). The number of ether oxygens (including phenoxy) is 1. The number of amides is 3. The zero-order valence-corrected chi connectivity index (χ0v) is 26.4. The summed E-state index contributed by atoms with van der Waals surface area (Å²) >= 11 is 4.93. The van der Waals surface area contributed by atoms with Crippen LogP contribution >= 0.6 is 56.9 Å². The van der Waals surface area contributed by atoms with Crippen LogP contribution in [0.5, 0.6) is 11.5 Å². The third-order valence-electron chi connectivity index (χ3n) is 5.33. The first-order valence-corrected chi connectivity index (χ1v) is 15.5. The molecule has 1 aliphatic heterocycles. The van der Waals surface area contributed by atoms with Gasteiger partial charge < -0.3 is 14.2 Å². The summed E-state index contributed by atoms with van der Waals surface area (Å²) in [6.45, 7) is 1.51. The van der Waals surface area contributed by atoms with Crippen molar-refractivity contribution in [2.24, 2.45) is 0 Å². The zero-order chi connectivity index (χ0) is 28.3. The Morgan fingerprint density at radius 2 is 1.72 bits per heavy atom. The molecule has 0 atom stereocenters. The van der Waals surface area contributed by atoms with Crippen LogP contribution in [-0.4, -0.2) is 37.5 Å². The van der Waals surface area contributed by atoms with Gasteiger partial charge in [-0.15, -0.1) is 0 Å². The standard InChI is InChI=1S/C26H20I2N2O7S2/c1-15(31)29-19-7-9-20(10-8-19)39(34,35)37-24-21(28)11-17(12-22(24)36-2)13-23-25(32)30(26(33)38-23)14-16-3-5-18(27)6-4-16/h3-13H,14H2,1-2H3,(H,29,31)/b23-13-. The number of hydrogen-bond donors (Lipinski definition) is 1. The predicted molar refractivity (Wildman–Crippen MR) is 165 cm³/mol. The van der Waals surface area contributed by atoms with E-state index in [9.17, 15) is 22.8 Å². The topological polar surface area (TPSA) is 119 Å². The number of benzene rings is 3. The molecule has 1 fully saturated rings. The Hall–Kier alpha value is -2.63. The van der Waals surface area contributed by atoms with Crippen LogP contribution in [-0.2, 0) is 26.3 Å². The number of anilines is 1. The van der Waals surface area contributed by atoms with Gasteiger partial charge in [0.05, 0.1) is 22.1 Å². The molecule has 0 radical (unpaired) electrons. The number of hydrogen-bond acceptors (Lipinski definition) is 8. The molecule has 0 aliphatic carbocycles. The minimum absolute atomic E-state index is 0.0204. The summed E-state index contributed by atoms with van der Waals surface area (Å²) in [7, 11) is -2.86. The van der Waals surface area contributed by atoms with Crippen LogP contribution in [0.1, 0.15) is 18.1 Å². The highest BCUT2D eigenvalue weighted by atomic mass is 127. The molecule has 0 bridgehead atoms. The van der Waals surface area contributed by atoms with Crippen molar-refractivity contribution in [2.45, 2.75) is 18.4 Å². The molecule has 1 aliphatic rings. The second kappa shape index (κ2) is 12.3. The van der Waals surface area contributed by atoms with E-state index in [1.165, 1.54) is 49.3 Å².